The number of ether oxygens (including phenoxy) is 1. The van der Waals surface area contributed by atoms with Crippen molar-refractivity contribution in [3.05, 3.63) is 54.0 Å². The van der Waals surface area contributed by atoms with Crippen LogP contribution in [0.15, 0.2) is 47.1 Å². The van der Waals surface area contributed by atoms with Crippen LogP contribution in [0.2, 0.25) is 0 Å². The van der Waals surface area contributed by atoms with Crippen LogP contribution < -0.4 is 10.1 Å². The minimum absolute atomic E-state index is 0.0277. The van der Waals surface area contributed by atoms with Crippen LogP contribution in [0.5, 0.6) is 5.75 Å². The molecule has 0 aliphatic rings. The second kappa shape index (κ2) is 7.15. The SMILES string of the molecule is CCCNC(c1ccco1)c1ccccc1OC(C)C. The van der Waals surface area contributed by atoms with Crippen LogP contribution in [0.1, 0.15) is 44.6 Å². The van der Waals surface area contributed by atoms with E-state index in [-0.39, 0.29) is 12.1 Å². The second-order valence-corrected chi connectivity index (χ2v) is 5.11. The normalized spacial score (nSPS) is 12.6. The highest BCUT2D eigenvalue weighted by atomic mass is 16.5. The zero-order valence-corrected chi connectivity index (χ0v) is 12.4. The highest BCUT2D eigenvalue weighted by molar-refractivity contribution is 5.39. The van der Waals surface area contributed by atoms with Gasteiger partial charge in [-0.3, -0.25) is 0 Å². The molecule has 20 heavy (non-hydrogen) atoms. The van der Waals surface area contributed by atoms with Gasteiger partial charge in [-0.15, -0.1) is 0 Å². The third-order valence-electron chi connectivity index (χ3n) is 3.02. The van der Waals surface area contributed by atoms with Crippen molar-refractivity contribution in [2.75, 3.05) is 6.54 Å². The van der Waals surface area contributed by atoms with Crippen LogP contribution in [0, 0.1) is 0 Å². The zero-order valence-electron chi connectivity index (χ0n) is 12.4. The van der Waals surface area contributed by atoms with E-state index in [4.69, 9.17) is 9.15 Å². The average Bonchev–Trinajstić information content (AvgIpc) is 2.94. The van der Waals surface area contributed by atoms with Crippen molar-refractivity contribution in [3.8, 4) is 5.75 Å². The van der Waals surface area contributed by atoms with Crippen molar-refractivity contribution in [1.29, 1.82) is 0 Å². The molecule has 0 aliphatic heterocycles. The molecule has 0 radical (unpaired) electrons. The van der Waals surface area contributed by atoms with E-state index >= 15 is 0 Å². The average molecular weight is 273 g/mol. The maximum absolute atomic E-state index is 5.92. The van der Waals surface area contributed by atoms with Crippen LogP contribution in [0.4, 0.5) is 0 Å². The highest BCUT2D eigenvalue weighted by Crippen LogP contribution is 2.30. The number of hydrogen-bond donors (Lipinski definition) is 1. The first-order valence-electron chi connectivity index (χ1n) is 7.24. The number of hydrogen-bond acceptors (Lipinski definition) is 3. The summed E-state index contributed by atoms with van der Waals surface area (Å²) < 4.78 is 11.5. The summed E-state index contributed by atoms with van der Waals surface area (Å²) in [6, 6.07) is 12.1. The van der Waals surface area contributed by atoms with Crippen LogP contribution >= 0.6 is 0 Å². The van der Waals surface area contributed by atoms with Crippen molar-refractivity contribution < 1.29 is 9.15 Å². The first kappa shape index (κ1) is 14.7. The van der Waals surface area contributed by atoms with Gasteiger partial charge in [0.2, 0.25) is 0 Å². The summed E-state index contributed by atoms with van der Waals surface area (Å²) in [5, 5.41) is 3.53. The van der Waals surface area contributed by atoms with Gasteiger partial charge in [0.15, 0.2) is 0 Å². The predicted molar refractivity (Wildman–Crippen MR) is 81.1 cm³/mol. The monoisotopic (exact) mass is 273 g/mol. The molecule has 1 N–H and O–H groups in total. The molecule has 1 atom stereocenters. The number of rotatable bonds is 7. The van der Waals surface area contributed by atoms with E-state index in [1.54, 1.807) is 6.26 Å². The summed E-state index contributed by atoms with van der Waals surface area (Å²) in [5.41, 5.74) is 1.12. The molecule has 2 aromatic rings. The molecule has 1 unspecified atom stereocenters. The van der Waals surface area contributed by atoms with E-state index in [0.717, 1.165) is 30.0 Å². The Morgan fingerprint density at radius 1 is 1.15 bits per heavy atom. The largest absolute Gasteiger partial charge is 0.491 e. The highest BCUT2D eigenvalue weighted by Gasteiger charge is 2.20. The topological polar surface area (TPSA) is 34.4 Å². The third-order valence-corrected chi connectivity index (χ3v) is 3.02. The van der Waals surface area contributed by atoms with E-state index in [0.29, 0.717) is 0 Å². The van der Waals surface area contributed by atoms with Gasteiger partial charge < -0.3 is 14.5 Å². The Morgan fingerprint density at radius 2 is 1.95 bits per heavy atom. The van der Waals surface area contributed by atoms with Crippen molar-refractivity contribution in [1.82, 2.24) is 5.32 Å². The van der Waals surface area contributed by atoms with Gasteiger partial charge in [-0.05, 0) is 45.0 Å². The molecule has 0 spiro atoms. The molecule has 3 nitrogen and oxygen atoms in total. The molecule has 0 amide bonds. The quantitative estimate of drug-likeness (QED) is 0.822. The van der Waals surface area contributed by atoms with Gasteiger partial charge in [-0.1, -0.05) is 25.1 Å². The molecule has 0 bridgehead atoms. The Balaban J connectivity index is 2.33. The number of furan rings is 1. The van der Waals surface area contributed by atoms with Crippen molar-refractivity contribution in [2.24, 2.45) is 0 Å². The Kier molecular flexibility index (Phi) is 5.24. The zero-order chi connectivity index (χ0) is 14.4. The molecule has 2 rings (SSSR count). The third kappa shape index (κ3) is 3.64. The lowest BCUT2D eigenvalue weighted by Gasteiger charge is -2.21. The van der Waals surface area contributed by atoms with Gasteiger partial charge in [0.1, 0.15) is 11.5 Å². The lowest BCUT2D eigenvalue weighted by molar-refractivity contribution is 0.237. The molecule has 1 aromatic heterocycles. The van der Waals surface area contributed by atoms with E-state index < -0.39 is 0 Å². The molecule has 1 aromatic carbocycles. The van der Waals surface area contributed by atoms with E-state index in [1.165, 1.54) is 0 Å². The first-order chi connectivity index (χ1) is 9.72. The number of benzene rings is 1. The summed E-state index contributed by atoms with van der Waals surface area (Å²) >= 11 is 0. The summed E-state index contributed by atoms with van der Waals surface area (Å²) in [6.07, 6.45) is 2.94. The fraction of sp³-hybridized carbons (Fsp3) is 0.412. The minimum Gasteiger partial charge on any atom is -0.491 e. The summed E-state index contributed by atoms with van der Waals surface area (Å²) in [5.74, 6) is 1.82. The van der Waals surface area contributed by atoms with Gasteiger partial charge in [0.25, 0.3) is 0 Å². The molecule has 3 heteroatoms. The number of para-hydroxylation sites is 1. The fourth-order valence-corrected chi connectivity index (χ4v) is 2.19. The van der Waals surface area contributed by atoms with Gasteiger partial charge in [0.05, 0.1) is 18.4 Å². The van der Waals surface area contributed by atoms with Crippen LogP contribution in [0.3, 0.4) is 0 Å². The van der Waals surface area contributed by atoms with Crippen molar-refractivity contribution in [2.45, 2.75) is 39.3 Å². The maximum Gasteiger partial charge on any atom is 0.125 e. The van der Waals surface area contributed by atoms with E-state index in [9.17, 15) is 0 Å². The summed E-state index contributed by atoms with van der Waals surface area (Å²) in [6.45, 7) is 7.17. The second-order valence-electron chi connectivity index (χ2n) is 5.11. The summed E-state index contributed by atoms with van der Waals surface area (Å²) in [7, 11) is 0. The van der Waals surface area contributed by atoms with Crippen molar-refractivity contribution in [3.63, 3.8) is 0 Å². The fourth-order valence-electron chi connectivity index (χ4n) is 2.19. The molecular weight excluding hydrogens is 250 g/mol. The van der Waals surface area contributed by atoms with E-state index in [1.807, 2.05) is 44.2 Å². The standard InChI is InChI=1S/C17H23NO2/c1-4-11-18-17(16-10-7-12-19-16)14-8-5-6-9-15(14)20-13(2)3/h5-10,12-13,17-18H,4,11H2,1-3H3. The maximum atomic E-state index is 5.92. The predicted octanol–water partition coefficient (Wildman–Crippen LogP) is 4.16. The Bertz CT molecular complexity index is 505. The molecule has 0 aliphatic carbocycles. The minimum atomic E-state index is 0.0277. The molecule has 0 saturated carbocycles. The Morgan fingerprint density at radius 3 is 2.60 bits per heavy atom. The number of nitrogens with one attached hydrogen (secondary N) is 1. The van der Waals surface area contributed by atoms with Crippen LogP contribution in [-0.2, 0) is 0 Å². The van der Waals surface area contributed by atoms with Gasteiger partial charge in [-0.25, -0.2) is 0 Å². The molecule has 0 fully saturated rings. The van der Waals surface area contributed by atoms with Gasteiger partial charge in [-0.2, -0.15) is 0 Å². The van der Waals surface area contributed by atoms with Crippen LogP contribution in [-0.4, -0.2) is 12.6 Å². The van der Waals surface area contributed by atoms with Gasteiger partial charge >= 0.3 is 0 Å². The Hall–Kier alpha value is -1.74. The smallest absolute Gasteiger partial charge is 0.125 e. The van der Waals surface area contributed by atoms with Crippen molar-refractivity contribution >= 4 is 0 Å². The lowest BCUT2D eigenvalue weighted by Crippen LogP contribution is -2.24. The summed E-state index contributed by atoms with van der Waals surface area (Å²) in [4.78, 5) is 0. The lowest BCUT2D eigenvalue weighted by atomic mass is 10.0. The molecule has 1 heterocycles. The van der Waals surface area contributed by atoms with E-state index in [2.05, 4.69) is 18.3 Å². The first-order valence-corrected chi connectivity index (χ1v) is 7.24. The van der Waals surface area contributed by atoms with Crippen LogP contribution in [0.25, 0.3) is 0 Å². The molecule has 0 saturated heterocycles. The molecular formula is C17H23NO2. The van der Waals surface area contributed by atoms with Gasteiger partial charge in [0, 0.05) is 5.56 Å². The molecule has 108 valence electrons. The Labute approximate surface area is 121 Å².